The first kappa shape index (κ1) is 16.1. The minimum absolute atomic E-state index is 0.00562. The van der Waals surface area contributed by atoms with Gasteiger partial charge in [0.1, 0.15) is 10.6 Å². The van der Waals surface area contributed by atoms with Crippen molar-refractivity contribution in [3.63, 3.8) is 0 Å². The Hall–Kier alpha value is -1.31. The Bertz CT molecular complexity index is 649. The van der Waals surface area contributed by atoms with Gasteiger partial charge in [0.2, 0.25) is 10.0 Å². The van der Waals surface area contributed by atoms with Crippen molar-refractivity contribution in [2.24, 2.45) is 5.92 Å². The molecule has 0 unspecified atom stereocenters. The molecule has 1 aliphatic rings. The van der Waals surface area contributed by atoms with E-state index in [0.29, 0.717) is 5.69 Å². The van der Waals surface area contributed by atoms with Gasteiger partial charge in [-0.25, -0.2) is 8.42 Å². The predicted molar refractivity (Wildman–Crippen MR) is 80.7 cm³/mol. The Labute approximate surface area is 125 Å². The molecule has 6 nitrogen and oxygen atoms in total. The van der Waals surface area contributed by atoms with Gasteiger partial charge >= 0.3 is 0 Å². The molecule has 1 heterocycles. The van der Waals surface area contributed by atoms with Crippen molar-refractivity contribution in [2.45, 2.75) is 31.3 Å². The molecule has 1 aromatic rings. The van der Waals surface area contributed by atoms with E-state index in [1.54, 1.807) is 13.0 Å². The highest BCUT2D eigenvalue weighted by Crippen LogP contribution is 2.37. The summed E-state index contributed by atoms with van der Waals surface area (Å²) in [6, 6.07) is 3.02. The van der Waals surface area contributed by atoms with Crippen LogP contribution in [0.2, 0.25) is 0 Å². The molecule has 21 heavy (non-hydrogen) atoms. The molecular weight excluding hydrogens is 292 g/mol. The number of rotatable bonds is 4. The molecule has 0 amide bonds. The third-order valence-electron chi connectivity index (χ3n) is 4.15. The Balaban J connectivity index is 2.36. The van der Waals surface area contributed by atoms with E-state index in [9.17, 15) is 13.5 Å². The lowest BCUT2D eigenvalue weighted by Crippen LogP contribution is -2.65. The van der Waals surface area contributed by atoms with Crippen LogP contribution in [0.3, 0.4) is 0 Å². The Morgan fingerprint density at radius 2 is 1.95 bits per heavy atom. The number of anilines is 1. The van der Waals surface area contributed by atoms with Crippen LogP contribution in [0.4, 0.5) is 5.69 Å². The lowest BCUT2D eigenvalue weighted by Gasteiger charge is -2.47. The summed E-state index contributed by atoms with van der Waals surface area (Å²) < 4.78 is 31.7. The Morgan fingerprint density at radius 1 is 1.38 bits per heavy atom. The standard InChI is InChI=1S/C14H22N2O4S/c1-9(2)14(17)7-16(8-14)21(18,19)13-6-11(15)10(3)5-12(13)20-4/h5-6,9,17H,7-8,15H2,1-4H3. The quantitative estimate of drug-likeness (QED) is 0.808. The predicted octanol–water partition coefficient (Wildman–Crippen LogP) is 0.977. The van der Waals surface area contributed by atoms with Crippen molar-refractivity contribution in [1.82, 2.24) is 4.31 Å². The maximum Gasteiger partial charge on any atom is 0.247 e. The zero-order valence-electron chi connectivity index (χ0n) is 12.8. The van der Waals surface area contributed by atoms with E-state index in [1.807, 2.05) is 13.8 Å². The molecular formula is C14H22N2O4S. The molecule has 0 bridgehead atoms. The van der Waals surface area contributed by atoms with E-state index in [4.69, 9.17) is 10.5 Å². The summed E-state index contributed by atoms with van der Waals surface area (Å²) in [4.78, 5) is 0.0407. The minimum atomic E-state index is -3.72. The molecule has 0 radical (unpaired) electrons. The van der Waals surface area contributed by atoms with Crippen molar-refractivity contribution in [1.29, 1.82) is 0 Å². The first-order valence-corrected chi connectivity index (χ1v) is 8.22. The number of nitrogens with zero attached hydrogens (tertiary/aromatic N) is 1. The van der Waals surface area contributed by atoms with Crippen molar-refractivity contribution in [3.05, 3.63) is 17.7 Å². The lowest BCUT2D eigenvalue weighted by molar-refractivity contribution is -0.0932. The molecule has 1 aromatic carbocycles. The van der Waals surface area contributed by atoms with E-state index >= 15 is 0 Å². The molecule has 1 saturated heterocycles. The first-order chi connectivity index (χ1) is 9.61. The van der Waals surface area contributed by atoms with E-state index < -0.39 is 15.6 Å². The second-order valence-electron chi connectivity index (χ2n) is 5.89. The van der Waals surface area contributed by atoms with Crippen molar-refractivity contribution < 1.29 is 18.3 Å². The van der Waals surface area contributed by atoms with Gasteiger partial charge in [-0.05, 0) is 30.5 Å². The number of hydrogen-bond acceptors (Lipinski definition) is 5. The summed E-state index contributed by atoms with van der Waals surface area (Å²) in [5.41, 5.74) is 6.01. The number of nitrogen functional groups attached to an aromatic ring is 1. The highest BCUT2D eigenvalue weighted by Gasteiger charge is 2.49. The van der Waals surface area contributed by atoms with Crippen LogP contribution in [-0.2, 0) is 10.0 Å². The maximum atomic E-state index is 12.6. The van der Waals surface area contributed by atoms with Crippen LogP contribution in [-0.4, -0.2) is 43.6 Å². The van der Waals surface area contributed by atoms with Crippen LogP contribution in [0.5, 0.6) is 5.75 Å². The normalized spacial score (nSPS) is 18.6. The number of aryl methyl sites for hydroxylation is 1. The molecule has 7 heteroatoms. The zero-order valence-corrected chi connectivity index (χ0v) is 13.6. The van der Waals surface area contributed by atoms with Gasteiger partial charge in [0, 0.05) is 18.8 Å². The van der Waals surface area contributed by atoms with Crippen LogP contribution in [0.1, 0.15) is 19.4 Å². The fourth-order valence-electron chi connectivity index (χ4n) is 2.28. The van der Waals surface area contributed by atoms with E-state index in [2.05, 4.69) is 0 Å². The van der Waals surface area contributed by atoms with Crippen molar-refractivity contribution in [3.8, 4) is 5.75 Å². The summed E-state index contributed by atoms with van der Waals surface area (Å²) in [5, 5.41) is 10.2. The zero-order chi connectivity index (χ0) is 16.0. The van der Waals surface area contributed by atoms with Gasteiger partial charge < -0.3 is 15.6 Å². The van der Waals surface area contributed by atoms with E-state index in [0.717, 1.165) is 5.56 Å². The third kappa shape index (κ3) is 2.61. The summed E-state index contributed by atoms with van der Waals surface area (Å²) in [5.74, 6) is 0.260. The Morgan fingerprint density at radius 3 is 2.43 bits per heavy atom. The lowest BCUT2D eigenvalue weighted by atomic mass is 9.85. The average molecular weight is 314 g/mol. The van der Waals surface area contributed by atoms with Crippen LogP contribution in [0.25, 0.3) is 0 Å². The van der Waals surface area contributed by atoms with Crippen molar-refractivity contribution >= 4 is 15.7 Å². The van der Waals surface area contributed by atoms with Gasteiger partial charge in [0.25, 0.3) is 0 Å². The molecule has 1 fully saturated rings. The number of hydrogen-bond donors (Lipinski definition) is 2. The molecule has 2 rings (SSSR count). The molecule has 0 aromatic heterocycles. The molecule has 3 N–H and O–H groups in total. The fraction of sp³-hybridized carbons (Fsp3) is 0.571. The van der Waals surface area contributed by atoms with Crippen molar-refractivity contribution in [2.75, 3.05) is 25.9 Å². The highest BCUT2D eigenvalue weighted by atomic mass is 32.2. The van der Waals surface area contributed by atoms with Crippen LogP contribution in [0.15, 0.2) is 17.0 Å². The second-order valence-corrected chi connectivity index (χ2v) is 7.80. The number of benzene rings is 1. The summed E-state index contributed by atoms with van der Waals surface area (Å²) in [6.07, 6.45) is 0. The smallest absolute Gasteiger partial charge is 0.247 e. The molecule has 0 atom stereocenters. The molecule has 118 valence electrons. The van der Waals surface area contributed by atoms with Crippen LogP contribution >= 0.6 is 0 Å². The van der Waals surface area contributed by atoms with Gasteiger partial charge in [-0.3, -0.25) is 0 Å². The number of ether oxygens (including phenoxy) is 1. The monoisotopic (exact) mass is 314 g/mol. The summed E-state index contributed by atoms with van der Waals surface area (Å²) >= 11 is 0. The van der Waals surface area contributed by atoms with Gasteiger partial charge in [-0.1, -0.05) is 13.8 Å². The minimum Gasteiger partial charge on any atom is -0.495 e. The number of aliphatic hydroxyl groups is 1. The number of sulfonamides is 1. The van der Waals surface area contributed by atoms with Gasteiger partial charge in [0.15, 0.2) is 0 Å². The average Bonchev–Trinajstić information content (AvgIpc) is 2.37. The Kier molecular flexibility index (Phi) is 3.94. The third-order valence-corrected chi connectivity index (χ3v) is 5.96. The van der Waals surface area contributed by atoms with E-state index in [1.165, 1.54) is 17.5 Å². The number of nitrogens with two attached hydrogens (primary N) is 1. The first-order valence-electron chi connectivity index (χ1n) is 6.78. The maximum absolute atomic E-state index is 12.6. The second kappa shape index (κ2) is 5.15. The molecule has 0 spiro atoms. The number of methoxy groups -OCH3 is 1. The molecule has 0 aliphatic carbocycles. The van der Waals surface area contributed by atoms with Crippen LogP contribution in [0, 0.1) is 12.8 Å². The number of β-amino-alcohol motifs (C(OH)–C–C–N with tert-alkyl or cyclic N) is 1. The SMILES string of the molecule is COc1cc(C)c(N)cc1S(=O)(=O)N1CC(O)(C(C)C)C1. The largest absolute Gasteiger partial charge is 0.495 e. The molecule has 1 aliphatic heterocycles. The highest BCUT2D eigenvalue weighted by molar-refractivity contribution is 7.89. The molecule has 0 saturated carbocycles. The van der Waals surface area contributed by atoms with Gasteiger partial charge in [-0.2, -0.15) is 4.31 Å². The van der Waals surface area contributed by atoms with Crippen LogP contribution < -0.4 is 10.5 Å². The fourth-order valence-corrected chi connectivity index (χ4v) is 4.01. The summed E-state index contributed by atoms with van der Waals surface area (Å²) in [7, 11) is -2.30. The van der Waals surface area contributed by atoms with E-state index in [-0.39, 0.29) is 29.7 Å². The topological polar surface area (TPSA) is 92.9 Å². The van der Waals surface area contributed by atoms with Gasteiger partial charge in [0.05, 0.1) is 12.7 Å². The summed E-state index contributed by atoms with van der Waals surface area (Å²) in [6.45, 7) is 5.70. The van der Waals surface area contributed by atoms with Gasteiger partial charge in [-0.15, -0.1) is 0 Å².